The zero-order valence-electron chi connectivity index (χ0n) is 15.0. The standard InChI is InChI=1S/C17H30N4O3/c1-11(2)9-21(17(24)13-4-5-13)14-8-15(16(23)19-7-6-18)20(10-14)12(3)22/h11,13-15H,4-10,18H2,1-3H3,(H,19,23). The minimum absolute atomic E-state index is 0.0852. The lowest BCUT2D eigenvalue weighted by atomic mass is 10.1. The van der Waals surface area contributed by atoms with Gasteiger partial charge in [0.25, 0.3) is 0 Å². The molecule has 0 radical (unpaired) electrons. The molecule has 0 aromatic rings. The van der Waals surface area contributed by atoms with E-state index in [2.05, 4.69) is 19.2 Å². The second-order valence-electron chi connectivity index (χ2n) is 7.32. The van der Waals surface area contributed by atoms with Crippen LogP contribution in [0, 0.1) is 11.8 Å². The van der Waals surface area contributed by atoms with Gasteiger partial charge in [-0.25, -0.2) is 0 Å². The van der Waals surface area contributed by atoms with E-state index in [-0.39, 0.29) is 29.7 Å². The van der Waals surface area contributed by atoms with E-state index >= 15 is 0 Å². The fourth-order valence-corrected chi connectivity index (χ4v) is 3.33. The van der Waals surface area contributed by atoms with E-state index in [0.717, 1.165) is 12.8 Å². The lowest BCUT2D eigenvalue weighted by molar-refractivity contribution is -0.137. The fraction of sp³-hybridized carbons (Fsp3) is 0.824. The molecule has 0 bridgehead atoms. The van der Waals surface area contributed by atoms with E-state index in [9.17, 15) is 14.4 Å². The number of likely N-dealkylation sites (tertiary alicyclic amines) is 1. The summed E-state index contributed by atoms with van der Waals surface area (Å²) >= 11 is 0. The molecule has 2 aliphatic rings. The number of carbonyl (C=O) groups excluding carboxylic acids is 3. The van der Waals surface area contributed by atoms with Crippen LogP contribution >= 0.6 is 0 Å². The van der Waals surface area contributed by atoms with Crippen molar-refractivity contribution >= 4 is 17.7 Å². The van der Waals surface area contributed by atoms with Gasteiger partial charge in [-0.2, -0.15) is 0 Å². The minimum Gasteiger partial charge on any atom is -0.353 e. The molecule has 7 nitrogen and oxygen atoms in total. The SMILES string of the molecule is CC(=O)N1CC(N(CC(C)C)C(=O)C2CC2)CC1C(=O)NCCN. The zero-order valence-corrected chi connectivity index (χ0v) is 15.0. The maximum Gasteiger partial charge on any atom is 0.242 e. The number of nitrogens with zero attached hydrogens (tertiary/aromatic N) is 2. The van der Waals surface area contributed by atoms with E-state index in [1.165, 1.54) is 6.92 Å². The summed E-state index contributed by atoms with van der Waals surface area (Å²) in [6.45, 7) is 7.49. The number of hydrogen-bond donors (Lipinski definition) is 2. The maximum absolute atomic E-state index is 12.7. The van der Waals surface area contributed by atoms with E-state index < -0.39 is 6.04 Å². The molecule has 1 aliphatic carbocycles. The highest BCUT2D eigenvalue weighted by Crippen LogP contribution is 2.34. The molecule has 1 heterocycles. The van der Waals surface area contributed by atoms with Crippen LogP contribution in [0.3, 0.4) is 0 Å². The summed E-state index contributed by atoms with van der Waals surface area (Å²) in [4.78, 5) is 40.5. The molecule has 2 rings (SSSR count). The second-order valence-corrected chi connectivity index (χ2v) is 7.32. The molecule has 7 heteroatoms. The van der Waals surface area contributed by atoms with E-state index in [1.807, 2.05) is 4.90 Å². The van der Waals surface area contributed by atoms with Crippen LogP contribution in [-0.2, 0) is 14.4 Å². The predicted molar refractivity (Wildman–Crippen MR) is 90.9 cm³/mol. The highest BCUT2D eigenvalue weighted by molar-refractivity contribution is 5.88. The number of nitrogens with one attached hydrogen (secondary N) is 1. The van der Waals surface area contributed by atoms with Crippen LogP contribution in [0.15, 0.2) is 0 Å². The van der Waals surface area contributed by atoms with E-state index in [1.54, 1.807) is 4.90 Å². The highest BCUT2D eigenvalue weighted by Gasteiger charge is 2.44. The first-order chi connectivity index (χ1) is 11.3. The first-order valence-electron chi connectivity index (χ1n) is 8.90. The van der Waals surface area contributed by atoms with Gasteiger partial charge in [0, 0.05) is 39.0 Å². The van der Waals surface area contributed by atoms with Crippen molar-refractivity contribution in [2.24, 2.45) is 17.6 Å². The Hall–Kier alpha value is -1.63. The van der Waals surface area contributed by atoms with Gasteiger partial charge in [-0.1, -0.05) is 13.8 Å². The third kappa shape index (κ3) is 4.47. The van der Waals surface area contributed by atoms with Crippen LogP contribution in [-0.4, -0.2) is 65.8 Å². The summed E-state index contributed by atoms with van der Waals surface area (Å²) < 4.78 is 0. The number of rotatable bonds is 7. The van der Waals surface area contributed by atoms with Crippen LogP contribution < -0.4 is 11.1 Å². The van der Waals surface area contributed by atoms with Gasteiger partial charge < -0.3 is 20.9 Å². The Morgan fingerprint density at radius 1 is 1.29 bits per heavy atom. The summed E-state index contributed by atoms with van der Waals surface area (Å²) in [7, 11) is 0. The minimum atomic E-state index is -0.513. The normalized spacial score (nSPS) is 23.5. The second kappa shape index (κ2) is 7.96. The van der Waals surface area contributed by atoms with Crippen molar-refractivity contribution in [1.29, 1.82) is 0 Å². The summed E-state index contributed by atoms with van der Waals surface area (Å²) in [6, 6.07) is -0.598. The quantitative estimate of drug-likeness (QED) is 0.680. The topological polar surface area (TPSA) is 95.7 Å². The molecule has 0 aromatic carbocycles. The van der Waals surface area contributed by atoms with Gasteiger partial charge >= 0.3 is 0 Å². The molecule has 1 saturated heterocycles. The van der Waals surface area contributed by atoms with Gasteiger partial charge in [0.1, 0.15) is 6.04 Å². The smallest absolute Gasteiger partial charge is 0.242 e. The first-order valence-corrected chi connectivity index (χ1v) is 8.90. The van der Waals surface area contributed by atoms with Crippen molar-refractivity contribution in [3.63, 3.8) is 0 Å². The number of amides is 3. The molecule has 1 saturated carbocycles. The molecule has 0 spiro atoms. The lowest BCUT2D eigenvalue weighted by Crippen LogP contribution is -2.46. The molecule has 3 N–H and O–H groups in total. The molecular formula is C17H30N4O3. The summed E-state index contributed by atoms with van der Waals surface area (Å²) in [6.07, 6.45) is 2.41. The van der Waals surface area contributed by atoms with Crippen LogP contribution in [0.1, 0.15) is 40.0 Å². The molecule has 2 atom stereocenters. The van der Waals surface area contributed by atoms with Crippen molar-refractivity contribution in [1.82, 2.24) is 15.1 Å². The van der Waals surface area contributed by atoms with Gasteiger partial charge in [0.05, 0.1) is 6.04 Å². The highest BCUT2D eigenvalue weighted by atomic mass is 16.2. The monoisotopic (exact) mass is 338 g/mol. The number of carbonyl (C=O) groups is 3. The molecule has 1 aliphatic heterocycles. The Balaban J connectivity index is 2.11. The summed E-state index contributed by atoms with van der Waals surface area (Å²) in [5.41, 5.74) is 5.43. The zero-order chi connectivity index (χ0) is 17.9. The fourth-order valence-electron chi connectivity index (χ4n) is 3.33. The van der Waals surface area contributed by atoms with Crippen molar-refractivity contribution < 1.29 is 14.4 Å². The first kappa shape index (κ1) is 18.7. The molecule has 3 amide bonds. The largest absolute Gasteiger partial charge is 0.353 e. The molecular weight excluding hydrogens is 308 g/mol. The predicted octanol–water partition coefficient (Wildman–Crippen LogP) is -0.0547. The van der Waals surface area contributed by atoms with Crippen LogP contribution in [0.4, 0.5) is 0 Å². The third-order valence-corrected chi connectivity index (χ3v) is 4.64. The number of nitrogens with two attached hydrogens (primary N) is 1. The molecule has 2 fully saturated rings. The summed E-state index contributed by atoms with van der Waals surface area (Å²) in [5.74, 6) is 0.360. The third-order valence-electron chi connectivity index (χ3n) is 4.64. The molecule has 0 aromatic heterocycles. The van der Waals surface area contributed by atoms with E-state index in [4.69, 9.17) is 5.73 Å². The van der Waals surface area contributed by atoms with E-state index in [0.29, 0.717) is 38.5 Å². The average Bonchev–Trinajstić information content (AvgIpc) is 3.27. The lowest BCUT2D eigenvalue weighted by Gasteiger charge is -2.30. The van der Waals surface area contributed by atoms with Crippen molar-refractivity contribution in [2.45, 2.75) is 52.1 Å². The maximum atomic E-state index is 12.7. The van der Waals surface area contributed by atoms with Crippen LogP contribution in [0.5, 0.6) is 0 Å². The Bertz CT molecular complexity index is 490. The van der Waals surface area contributed by atoms with Gasteiger partial charge in [0.15, 0.2) is 0 Å². The van der Waals surface area contributed by atoms with Gasteiger partial charge in [0.2, 0.25) is 17.7 Å². The molecule has 2 unspecified atom stereocenters. The molecule has 136 valence electrons. The summed E-state index contributed by atoms with van der Waals surface area (Å²) in [5, 5.41) is 2.76. The molecule has 24 heavy (non-hydrogen) atoms. The Morgan fingerprint density at radius 3 is 2.46 bits per heavy atom. The van der Waals surface area contributed by atoms with Gasteiger partial charge in [-0.3, -0.25) is 14.4 Å². The number of hydrogen-bond acceptors (Lipinski definition) is 4. The van der Waals surface area contributed by atoms with Crippen molar-refractivity contribution in [3.8, 4) is 0 Å². The van der Waals surface area contributed by atoms with Gasteiger partial charge in [-0.15, -0.1) is 0 Å². The van der Waals surface area contributed by atoms with Gasteiger partial charge in [-0.05, 0) is 25.2 Å². The Morgan fingerprint density at radius 2 is 1.96 bits per heavy atom. The van der Waals surface area contributed by atoms with Crippen LogP contribution in [0.2, 0.25) is 0 Å². The van der Waals surface area contributed by atoms with Crippen molar-refractivity contribution in [3.05, 3.63) is 0 Å². The average molecular weight is 338 g/mol. The Labute approximate surface area is 143 Å². The Kier molecular flexibility index (Phi) is 6.21. The van der Waals surface area contributed by atoms with Crippen LogP contribution in [0.25, 0.3) is 0 Å². The van der Waals surface area contributed by atoms with Crippen molar-refractivity contribution in [2.75, 3.05) is 26.2 Å².